The van der Waals surface area contributed by atoms with Gasteiger partial charge in [0.15, 0.2) is 6.29 Å². The number of aliphatic hydroxyl groups is 7. The van der Waals surface area contributed by atoms with Crippen LogP contribution in [0.4, 0.5) is 0 Å². The third-order valence-electron chi connectivity index (χ3n) is 7.78. The van der Waals surface area contributed by atoms with Crippen molar-refractivity contribution in [3.05, 3.63) is 0 Å². The van der Waals surface area contributed by atoms with Crippen molar-refractivity contribution in [3.63, 3.8) is 0 Å². The van der Waals surface area contributed by atoms with Gasteiger partial charge in [-0.25, -0.2) is 0 Å². The smallest absolute Gasteiger partial charge is 0.305 e. The zero-order valence-electron chi connectivity index (χ0n) is 23.8. The molecule has 0 aromatic carbocycles. The van der Waals surface area contributed by atoms with Gasteiger partial charge in [0.05, 0.1) is 6.61 Å². The van der Waals surface area contributed by atoms with Crippen molar-refractivity contribution < 1.29 is 59.5 Å². The van der Waals surface area contributed by atoms with Gasteiger partial charge in [0.1, 0.15) is 55.9 Å². The van der Waals surface area contributed by atoms with Crippen molar-refractivity contribution in [2.45, 2.75) is 152 Å². The maximum absolute atomic E-state index is 12.2. The van der Waals surface area contributed by atoms with Crippen LogP contribution in [-0.4, -0.2) is 116 Å². The molecule has 0 spiro atoms. The minimum atomic E-state index is -2.28. The molecule has 0 unspecified atom stereocenters. The van der Waals surface area contributed by atoms with Crippen molar-refractivity contribution in [3.8, 4) is 0 Å². The van der Waals surface area contributed by atoms with E-state index in [4.69, 9.17) is 18.9 Å². The summed E-state index contributed by atoms with van der Waals surface area (Å²) in [4.78, 5) is 12.2. The molecule has 2 aliphatic heterocycles. The van der Waals surface area contributed by atoms with Crippen molar-refractivity contribution >= 4 is 5.97 Å². The van der Waals surface area contributed by atoms with Gasteiger partial charge in [0.2, 0.25) is 5.79 Å². The van der Waals surface area contributed by atoms with E-state index in [9.17, 15) is 40.5 Å². The van der Waals surface area contributed by atoms with Crippen LogP contribution in [0.15, 0.2) is 0 Å². The van der Waals surface area contributed by atoms with Gasteiger partial charge in [-0.3, -0.25) is 4.79 Å². The van der Waals surface area contributed by atoms with E-state index in [0.29, 0.717) is 6.42 Å². The molecule has 2 saturated heterocycles. The van der Waals surface area contributed by atoms with Crippen LogP contribution in [0.2, 0.25) is 0 Å². The molecule has 2 rings (SSSR count). The Bertz CT molecular complexity index is 694. The number of hydrogen-bond acceptors (Lipinski definition) is 12. The Balaban J connectivity index is 1.65. The Morgan fingerprint density at radius 3 is 1.80 bits per heavy atom. The molecule has 0 aromatic rings. The van der Waals surface area contributed by atoms with E-state index in [1.165, 1.54) is 57.8 Å². The largest absolute Gasteiger partial charge is 0.463 e. The van der Waals surface area contributed by atoms with Gasteiger partial charge in [-0.1, -0.05) is 84.0 Å². The number of esters is 1. The van der Waals surface area contributed by atoms with Gasteiger partial charge in [-0.15, -0.1) is 0 Å². The molecule has 0 saturated carbocycles. The first-order valence-corrected chi connectivity index (χ1v) is 15.0. The molecule has 12 heteroatoms. The molecular formula is C28H52O12. The predicted molar refractivity (Wildman–Crippen MR) is 143 cm³/mol. The fourth-order valence-corrected chi connectivity index (χ4v) is 5.15. The molecular weight excluding hydrogens is 528 g/mol. The predicted octanol–water partition coefficient (Wildman–Crippen LogP) is 0.637. The van der Waals surface area contributed by atoms with Crippen LogP contribution >= 0.6 is 0 Å². The number of hydrogen-bond donors (Lipinski definition) is 7. The molecule has 0 bridgehead atoms. The van der Waals surface area contributed by atoms with Gasteiger partial charge in [0.25, 0.3) is 0 Å². The molecule has 7 N–H and O–H groups in total. The topological polar surface area (TPSA) is 196 Å². The monoisotopic (exact) mass is 580 g/mol. The summed E-state index contributed by atoms with van der Waals surface area (Å²) in [5, 5.41) is 70.3. The third-order valence-corrected chi connectivity index (χ3v) is 7.78. The number of carbonyl (C=O) groups is 1. The molecule has 2 heterocycles. The maximum atomic E-state index is 12.2. The Morgan fingerprint density at radius 2 is 1.27 bits per heavy atom. The van der Waals surface area contributed by atoms with Crippen LogP contribution in [0, 0.1) is 0 Å². The first kappa shape index (κ1) is 35.3. The van der Waals surface area contributed by atoms with E-state index in [0.717, 1.165) is 19.3 Å². The molecule has 9 atom stereocenters. The number of ether oxygens (including phenoxy) is 4. The fourth-order valence-electron chi connectivity index (χ4n) is 5.15. The number of rotatable bonds is 20. The van der Waals surface area contributed by atoms with Gasteiger partial charge in [-0.05, 0) is 6.42 Å². The highest BCUT2D eigenvalue weighted by Crippen LogP contribution is 2.36. The SMILES string of the molecule is CCCCCCCCCCCCCCCC(=O)OC[C@@H]1O[C@](CO)(O[C@H]2O[C@@H](CO)[C@@H](O)[C@@H](O)[C@H]2O)[C@@H](O)[C@@H]1O. The molecule has 0 radical (unpaired) electrons. The summed E-state index contributed by atoms with van der Waals surface area (Å²) in [5.41, 5.74) is 0. The maximum Gasteiger partial charge on any atom is 0.305 e. The lowest BCUT2D eigenvalue weighted by Gasteiger charge is -2.43. The van der Waals surface area contributed by atoms with Crippen molar-refractivity contribution in [1.82, 2.24) is 0 Å². The molecule has 12 nitrogen and oxygen atoms in total. The van der Waals surface area contributed by atoms with Crippen molar-refractivity contribution in [1.29, 1.82) is 0 Å². The van der Waals surface area contributed by atoms with Crippen LogP contribution in [-0.2, 0) is 23.7 Å². The van der Waals surface area contributed by atoms with E-state index in [1.54, 1.807) is 0 Å². The summed E-state index contributed by atoms with van der Waals surface area (Å²) < 4.78 is 21.4. The van der Waals surface area contributed by atoms with Crippen LogP contribution in [0.25, 0.3) is 0 Å². The molecule has 0 aliphatic carbocycles. The molecule has 2 fully saturated rings. The lowest BCUT2D eigenvalue weighted by atomic mass is 9.99. The average Bonchev–Trinajstić information content (AvgIpc) is 3.19. The Labute approximate surface area is 237 Å². The molecule has 236 valence electrons. The Hall–Kier alpha value is -0.930. The van der Waals surface area contributed by atoms with Gasteiger partial charge < -0.3 is 54.7 Å². The van der Waals surface area contributed by atoms with E-state index < -0.39 is 80.6 Å². The van der Waals surface area contributed by atoms with Gasteiger partial charge >= 0.3 is 5.97 Å². The molecule has 0 amide bonds. The highest BCUT2D eigenvalue weighted by atomic mass is 16.8. The summed E-state index contributed by atoms with van der Waals surface area (Å²) in [7, 11) is 0. The van der Waals surface area contributed by atoms with E-state index in [-0.39, 0.29) is 6.42 Å². The van der Waals surface area contributed by atoms with Crippen molar-refractivity contribution in [2.75, 3.05) is 19.8 Å². The summed E-state index contributed by atoms with van der Waals surface area (Å²) >= 11 is 0. The summed E-state index contributed by atoms with van der Waals surface area (Å²) in [6, 6.07) is 0. The summed E-state index contributed by atoms with van der Waals surface area (Å²) in [6.45, 7) is 0.129. The lowest BCUT2D eigenvalue weighted by Crippen LogP contribution is -2.62. The first-order chi connectivity index (χ1) is 19.2. The van der Waals surface area contributed by atoms with Crippen LogP contribution in [0.3, 0.4) is 0 Å². The number of aliphatic hydroxyl groups excluding tert-OH is 7. The van der Waals surface area contributed by atoms with Crippen molar-refractivity contribution in [2.24, 2.45) is 0 Å². The third kappa shape index (κ3) is 10.4. The second-order valence-electron chi connectivity index (χ2n) is 11.1. The van der Waals surface area contributed by atoms with Crippen LogP contribution < -0.4 is 0 Å². The zero-order chi connectivity index (χ0) is 29.5. The number of carbonyl (C=O) groups excluding carboxylic acids is 1. The second-order valence-corrected chi connectivity index (χ2v) is 11.1. The highest BCUT2D eigenvalue weighted by molar-refractivity contribution is 5.69. The average molecular weight is 581 g/mol. The minimum absolute atomic E-state index is 0.204. The van der Waals surface area contributed by atoms with Gasteiger partial charge in [0, 0.05) is 6.42 Å². The van der Waals surface area contributed by atoms with Crippen LogP contribution in [0.1, 0.15) is 96.8 Å². The molecule has 40 heavy (non-hydrogen) atoms. The van der Waals surface area contributed by atoms with Gasteiger partial charge in [-0.2, -0.15) is 0 Å². The highest BCUT2D eigenvalue weighted by Gasteiger charge is 2.58. The van der Waals surface area contributed by atoms with E-state index >= 15 is 0 Å². The Kier molecular flexibility index (Phi) is 16.4. The van der Waals surface area contributed by atoms with E-state index in [2.05, 4.69) is 6.92 Å². The lowest BCUT2D eigenvalue weighted by molar-refractivity contribution is -0.383. The van der Waals surface area contributed by atoms with Crippen LogP contribution in [0.5, 0.6) is 0 Å². The van der Waals surface area contributed by atoms with E-state index in [1.807, 2.05) is 0 Å². The molecule has 2 aliphatic rings. The zero-order valence-corrected chi connectivity index (χ0v) is 23.8. The molecule has 0 aromatic heterocycles. The second kappa shape index (κ2) is 18.6. The standard InChI is InChI=1S/C28H52O12/c1-2-3-4-5-6-7-8-9-10-11-12-13-14-15-21(31)37-17-20-23(33)26(36)28(18-30,39-20)40-27-25(35)24(34)22(32)19(16-29)38-27/h19-20,22-27,29-30,32-36H,2-18H2,1H3/t19-,20-,22+,23+,24+,25+,26-,27+,28+/m0/s1. The quantitative estimate of drug-likeness (QED) is 0.0785. The number of unbranched alkanes of at least 4 members (excludes halogenated alkanes) is 12. The first-order valence-electron chi connectivity index (χ1n) is 15.0. The summed E-state index contributed by atoms with van der Waals surface area (Å²) in [6.07, 6.45) is 2.77. The fraction of sp³-hybridized carbons (Fsp3) is 0.964. The minimum Gasteiger partial charge on any atom is -0.463 e. The normalized spacial score (nSPS) is 34.3. The summed E-state index contributed by atoms with van der Waals surface area (Å²) in [5.74, 6) is -2.76. The Morgan fingerprint density at radius 1 is 0.725 bits per heavy atom.